The molecule has 0 fully saturated rings. The van der Waals surface area contributed by atoms with Crippen molar-refractivity contribution in [2.75, 3.05) is 24.7 Å². The van der Waals surface area contributed by atoms with E-state index in [1.165, 1.54) is 22.5 Å². The molecule has 0 unspecified atom stereocenters. The number of hydrogen-bond donors (Lipinski definition) is 0. The van der Waals surface area contributed by atoms with Crippen LogP contribution in [-0.4, -0.2) is 35.7 Å². The molecule has 4 rings (SSSR count). The van der Waals surface area contributed by atoms with E-state index in [9.17, 15) is 4.79 Å². The van der Waals surface area contributed by atoms with Gasteiger partial charge in [-0.1, -0.05) is 17.4 Å². The van der Waals surface area contributed by atoms with Gasteiger partial charge in [0.05, 0.1) is 36.6 Å². The van der Waals surface area contributed by atoms with Crippen molar-refractivity contribution in [1.82, 2.24) is 9.97 Å². The van der Waals surface area contributed by atoms with Crippen molar-refractivity contribution in [2.45, 2.75) is 41.2 Å². The molecule has 0 saturated heterocycles. The van der Waals surface area contributed by atoms with E-state index in [0.717, 1.165) is 15.8 Å². The number of aryl methyl sites for hydroxylation is 2. The summed E-state index contributed by atoms with van der Waals surface area (Å²) < 4.78 is 18.5. The monoisotopic (exact) mass is 505 g/mol. The first-order chi connectivity index (χ1) is 17.4. The number of thiazole rings is 1. The summed E-state index contributed by atoms with van der Waals surface area (Å²) >= 11 is 1.50. The molecule has 2 aromatic heterocycles. The predicted octanol–water partition coefficient (Wildman–Crippen LogP) is 6.35. The second-order valence-corrected chi connectivity index (χ2v) is 9.26. The molecule has 36 heavy (non-hydrogen) atoms. The molecule has 0 aliphatic rings. The molecule has 2 aromatic carbocycles. The van der Waals surface area contributed by atoms with Crippen molar-refractivity contribution < 1.29 is 19.0 Å². The molecule has 4 aromatic rings. The summed E-state index contributed by atoms with van der Waals surface area (Å²) in [5, 5.41) is 0.619. The maximum atomic E-state index is 14.1. The molecular formula is C28H31N3O4S. The molecule has 188 valence electrons. The molecule has 0 radical (unpaired) electrons. The number of amides is 1. The van der Waals surface area contributed by atoms with Crippen LogP contribution in [0.4, 0.5) is 5.13 Å². The number of fused-ring (bicyclic) bond motifs is 1. The third-order valence-corrected chi connectivity index (χ3v) is 6.73. The largest absolute Gasteiger partial charge is 0.490 e. The summed E-state index contributed by atoms with van der Waals surface area (Å²) in [6, 6.07) is 11.4. The zero-order valence-electron chi connectivity index (χ0n) is 21.3. The van der Waals surface area contributed by atoms with E-state index >= 15 is 0 Å². The van der Waals surface area contributed by atoms with Crippen molar-refractivity contribution in [1.29, 1.82) is 0 Å². The molecule has 0 N–H and O–H groups in total. The van der Waals surface area contributed by atoms with E-state index in [2.05, 4.69) is 31.0 Å². The molecule has 7 nitrogen and oxygen atoms in total. The summed E-state index contributed by atoms with van der Waals surface area (Å²) in [5.41, 5.74) is 4.56. The van der Waals surface area contributed by atoms with Crippen LogP contribution in [0, 0.1) is 13.8 Å². The number of carbonyl (C=O) groups excluding carboxylic acids is 1. The van der Waals surface area contributed by atoms with Gasteiger partial charge in [-0.2, -0.15) is 0 Å². The normalized spacial score (nSPS) is 10.9. The highest BCUT2D eigenvalue weighted by molar-refractivity contribution is 7.22. The first-order valence-corrected chi connectivity index (χ1v) is 12.9. The molecule has 0 saturated carbocycles. The van der Waals surface area contributed by atoms with Crippen molar-refractivity contribution in [2.24, 2.45) is 0 Å². The molecular weight excluding hydrogens is 474 g/mol. The van der Waals surface area contributed by atoms with E-state index in [-0.39, 0.29) is 5.91 Å². The van der Waals surface area contributed by atoms with E-state index in [0.29, 0.717) is 54.3 Å². The van der Waals surface area contributed by atoms with Crippen LogP contribution in [0.15, 0.2) is 48.8 Å². The maximum Gasteiger partial charge on any atom is 0.260 e. The van der Waals surface area contributed by atoms with Crippen LogP contribution in [0.1, 0.15) is 47.8 Å². The fraction of sp³-hybridized carbons (Fsp3) is 0.321. The Morgan fingerprint density at radius 1 is 0.944 bits per heavy atom. The molecule has 0 bridgehead atoms. The van der Waals surface area contributed by atoms with Crippen molar-refractivity contribution in [3.8, 4) is 17.2 Å². The number of rotatable bonds is 10. The second-order valence-electron chi connectivity index (χ2n) is 8.25. The summed E-state index contributed by atoms with van der Waals surface area (Å²) in [7, 11) is 0. The lowest BCUT2D eigenvalue weighted by molar-refractivity contribution is 0.0984. The molecule has 0 spiro atoms. The predicted molar refractivity (Wildman–Crippen MR) is 144 cm³/mol. The van der Waals surface area contributed by atoms with Gasteiger partial charge in [-0.15, -0.1) is 0 Å². The summed E-state index contributed by atoms with van der Waals surface area (Å²) in [6.07, 6.45) is 3.48. The molecule has 0 aliphatic heterocycles. The fourth-order valence-electron chi connectivity index (χ4n) is 3.85. The summed E-state index contributed by atoms with van der Waals surface area (Å²) in [6.45, 7) is 11.5. The number of pyridine rings is 1. The third-order valence-electron chi connectivity index (χ3n) is 5.69. The number of aromatic nitrogens is 2. The van der Waals surface area contributed by atoms with Gasteiger partial charge in [0.25, 0.3) is 5.91 Å². The lowest BCUT2D eigenvalue weighted by Crippen LogP contribution is -2.30. The minimum absolute atomic E-state index is 0.212. The van der Waals surface area contributed by atoms with Gasteiger partial charge in [0, 0.05) is 18.0 Å². The zero-order chi connectivity index (χ0) is 25.7. The van der Waals surface area contributed by atoms with Crippen molar-refractivity contribution >= 4 is 32.6 Å². The highest BCUT2D eigenvalue weighted by atomic mass is 32.1. The van der Waals surface area contributed by atoms with E-state index in [1.54, 1.807) is 29.4 Å². The average molecular weight is 506 g/mol. The second kappa shape index (κ2) is 11.4. The topological polar surface area (TPSA) is 73.8 Å². The first-order valence-electron chi connectivity index (χ1n) is 12.1. The first kappa shape index (κ1) is 25.4. The molecule has 2 heterocycles. The summed E-state index contributed by atoms with van der Waals surface area (Å²) in [4.78, 5) is 24.8. The van der Waals surface area contributed by atoms with Crippen molar-refractivity contribution in [3.05, 3.63) is 71.0 Å². The number of hydrogen-bond acceptors (Lipinski definition) is 7. The number of benzene rings is 2. The Balaban J connectivity index is 1.82. The van der Waals surface area contributed by atoms with Gasteiger partial charge < -0.3 is 14.2 Å². The number of carbonyl (C=O) groups is 1. The van der Waals surface area contributed by atoms with Crippen LogP contribution in [-0.2, 0) is 6.54 Å². The lowest BCUT2D eigenvalue weighted by atomic mass is 10.1. The smallest absolute Gasteiger partial charge is 0.260 e. The standard InChI is InChI=1S/C28H31N3O4S/c1-6-33-23-14-21(15-24(34-7-2)26(23)35-8-3)27(32)31(17-20-10-9-11-29-16-20)28-30-22-12-18(4)19(5)13-25(22)36-28/h9-16H,6-8,17H2,1-5H3. The van der Waals surface area contributed by atoms with E-state index < -0.39 is 0 Å². The van der Waals surface area contributed by atoms with E-state index in [4.69, 9.17) is 19.2 Å². The molecule has 0 atom stereocenters. The number of ether oxygens (including phenoxy) is 3. The van der Waals surface area contributed by atoms with Gasteiger partial charge in [0.2, 0.25) is 5.75 Å². The highest BCUT2D eigenvalue weighted by Gasteiger charge is 2.25. The van der Waals surface area contributed by atoms with Gasteiger partial charge in [-0.3, -0.25) is 14.7 Å². The Kier molecular flexibility index (Phi) is 8.05. The van der Waals surface area contributed by atoms with Gasteiger partial charge in [0.1, 0.15) is 0 Å². The Labute approximate surface area is 215 Å². The molecule has 8 heteroatoms. The number of anilines is 1. The maximum absolute atomic E-state index is 14.1. The van der Waals surface area contributed by atoms with E-state index in [1.807, 2.05) is 32.9 Å². The third kappa shape index (κ3) is 5.44. The molecule has 1 amide bonds. The quantitative estimate of drug-likeness (QED) is 0.250. The zero-order valence-corrected chi connectivity index (χ0v) is 22.1. The van der Waals surface area contributed by atoms with Crippen LogP contribution in [0.25, 0.3) is 10.2 Å². The Hall–Kier alpha value is -3.65. The van der Waals surface area contributed by atoms with Gasteiger partial charge in [0.15, 0.2) is 16.6 Å². The highest BCUT2D eigenvalue weighted by Crippen LogP contribution is 2.40. The SMILES string of the molecule is CCOc1cc(C(=O)N(Cc2cccnc2)c2nc3cc(C)c(C)cc3s2)cc(OCC)c1OCC. The van der Waals surface area contributed by atoms with Crippen molar-refractivity contribution in [3.63, 3.8) is 0 Å². The van der Waals surface area contributed by atoms with Gasteiger partial charge in [-0.05, 0) is 81.6 Å². The fourth-order valence-corrected chi connectivity index (χ4v) is 4.89. The average Bonchev–Trinajstić information content (AvgIpc) is 3.27. The van der Waals surface area contributed by atoms with Crippen LogP contribution >= 0.6 is 11.3 Å². The van der Waals surface area contributed by atoms with Crippen LogP contribution in [0.3, 0.4) is 0 Å². The van der Waals surface area contributed by atoms with Gasteiger partial charge >= 0.3 is 0 Å². The van der Waals surface area contributed by atoms with Gasteiger partial charge in [-0.25, -0.2) is 4.98 Å². The minimum Gasteiger partial charge on any atom is -0.490 e. The van der Waals surface area contributed by atoms with Crippen LogP contribution in [0.2, 0.25) is 0 Å². The Morgan fingerprint density at radius 2 is 1.61 bits per heavy atom. The Bertz CT molecular complexity index is 1290. The number of nitrogens with zero attached hydrogens (tertiary/aromatic N) is 3. The van der Waals surface area contributed by atoms with Crippen LogP contribution in [0.5, 0.6) is 17.2 Å². The van der Waals surface area contributed by atoms with Crippen LogP contribution < -0.4 is 19.1 Å². The summed E-state index contributed by atoms with van der Waals surface area (Å²) in [5.74, 6) is 1.25. The Morgan fingerprint density at radius 3 is 2.22 bits per heavy atom. The minimum atomic E-state index is -0.212. The lowest BCUT2D eigenvalue weighted by Gasteiger charge is -2.22. The molecule has 0 aliphatic carbocycles.